The molecule has 0 spiro atoms. The summed E-state index contributed by atoms with van der Waals surface area (Å²) in [5.41, 5.74) is 2.19. The molecule has 0 fully saturated rings. The molecule has 0 aliphatic carbocycles. The zero-order chi connectivity index (χ0) is 9.26. The second-order valence-electron chi connectivity index (χ2n) is 2.90. The predicted octanol–water partition coefficient (Wildman–Crippen LogP) is 2.74. The Labute approximate surface area is 81.8 Å². The van der Waals surface area contributed by atoms with Gasteiger partial charge in [0.25, 0.3) is 0 Å². The predicted molar refractivity (Wildman–Crippen MR) is 53.7 cm³/mol. The summed E-state index contributed by atoms with van der Waals surface area (Å²) in [6.45, 7) is 0. The molecule has 13 heavy (non-hydrogen) atoms. The summed E-state index contributed by atoms with van der Waals surface area (Å²) in [6.07, 6.45) is 5.57. The zero-order valence-corrected chi connectivity index (χ0v) is 7.99. The molecule has 66 valence electrons. The smallest absolute Gasteiger partial charge is 0.109 e. The van der Waals surface area contributed by atoms with Gasteiger partial charge in [0.05, 0.1) is 0 Å². The molecule has 0 saturated carbocycles. The minimum Gasteiger partial charge on any atom is -0.341 e. The Morgan fingerprint density at radius 3 is 2.77 bits per heavy atom. The third kappa shape index (κ3) is 1.58. The van der Waals surface area contributed by atoms with Gasteiger partial charge in [-0.1, -0.05) is 17.7 Å². The average Bonchev–Trinajstić information content (AvgIpc) is 2.49. The second-order valence-corrected chi connectivity index (χ2v) is 3.29. The van der Waals surface area contributed by atoms with Gasteiger partial charge in [0.15, 0.2) is 0 Å². The first kappa shape index (κ1) is 8.32. The van der Waals surface area contributed by atoms with Gasteiger partial charge in [0, 0.05) is 36.8 Å². The summed E-state index contributed by atoms with van der Waals surface area (Å²) in [5, 5.41) is 0.735. The van der Waals surface area contributed by atoms with Crippen molar-refractivity contribution in [1.29, 1.82) is 0 Å². The van der Waals surface area contributed by atoms with Crippen molar-refractivity contribution in [3.8, 4) is 11.1 Å². The lowest BCUT2D eigenvalue weighted by atomic mass is 10.2. The van der Waals surface area contributed by atoms with Crippen molar-refractivity contribution in [2.45, 2.75) is 0 Å². The molecule has 0 amide bonds. The first-order valence-corrected chi connectivity index (χ1v) is 4.37. The number of halogens is 1. The fourth-order valence-electron chi connectivity index (χ4n) is 1.23. The lowest BCUT2D eigenvalue weighted by Crippen LogP contribution is -1.81. The first-order valence-electron chi connectivity index (χ1n) is 3.99. The number of rotatable bonds is 1. The van der Waals surface area contributed by atoms with Crippen LogP contribution in [0.25, 0.3) is 11.1 Å². The molecule has 0 aromatic carbocycles. The minimum atomic E-state index is 0.735. The SMILES string of the molecule is Cn1cc(-c2cccnc2)cc1Cl. The molecule has 0 radical (unpaired) electrons. The van der Waals surface area contributed by atoms with E-state index in [1.807, 2.05) is 42.2 Å². The van der Waals surface area contributed by atoms with E-state index in [0.29, 0.717) is 0 Å². The molecule has 2 nitrogen and oxygen atoms in total. The molecule has 0 N–H and O–H groups in total. The molecular weight excluding hydrogens is 184 g/mol. The summed E-state index contributed by atoms with van der Waals surface area (Å²) in [6, 6.07) is 5.85. The van der Waals surface area contributed by atoms with E-state index in [4.69, 9.17) is 11.6 Å². The third-order valence-electron chi connectivity index (χ3n) is 1.94. The Morgan fingerprint density at radius 1 is 1.38 bits per heavy atom. The van der Waals surface area contributed by atoms with Gasteiger partial charge in [0.1, 0.15) is 5.15 Å². The molecule has 0 aliphatic rings. The maximum Gasteiger partial charge on any atom is 0.109 e. The molecule has 3 heteroatoms. The van der Waals surface area contributed by atoms with Crippen LogP contribution < -0.4 is 0 Å². The van der Waals surface area contributed by atoms with Crippen molar-refractivity contribution in [2.75, 3.05) is 0 Å². The fraction of sp³-hybridized carbons (Fsp3) is 0.100. The standard InChI is InChI=1S/C10H9ClN2/c1-13-7-9(5-10(13)11)8-3-2-4-12-6-8/h2-7H,1H3. The number of hydrogen-bond acceptors (Lipinski definition) is 1. The van der Waals surface area contributed by atoms with E-state index >= 15 is 0 Å². The Hall–Kier alpha value is -1.28. The molecule has 0 unspecified atom stereocenters. The van der Waals surface area contributed by atoms with Crippen molar-refractivity contribution >= 4 is 11.6 Å². The van der Waals surface area contributed by atoms with E-state index in [1.165, 1.54) is 0 Å². The molecule has 0 bridgehead atoms. The van der Waals surface area contributed by atoms with Crippen LogP contribution in [0.5, 0.6) is 0 Å². The molecule has 2 aromatic heterocycles. The van der Waals surface area contributed by atoms with Crippen LogP contribution in [0.4, 0.5) is 0 Å². The van der Waals surface area contributed by atoms with Crippen LogP contribution in [-0.4, -0.2) is 9.55 Å². The van der Waals surface area contributed by atoms with Crippen LogP contribution in [-0.2, 0) is 7.05 Å². The van der Waals surface area contributed by atoms with E-state index in [-0.39, 0.29) is 0 Å². The van der Waals surface area contributed by atoms with Crippen LogP contribution in [0.3, 0.4) is 0 Å². The summed E-state index contributed by atoms with van der Waals surface area (Å²) in [7, 11) is 1.92. The highest BCUT2D eigenvalue weighted by molar-refractivity contribution is 6.30. The summed E-state index contributed by atoms with van der Waals surface area (Å²) in [5.74, 6) is 0. The van der Waals surface area contributed by atoms with E-state index < -0.39 is 0 Å². The largest absolute Gasteiger partial charge is 0.341 e. The first-order chi connectivity index (χ1) is 6.27. The molecule has 2 heterocycles. The summed E-state index contributed by atoms with van der Waals surface area (Å²) < 4.78 is 1.88. The van der Waals surface area contributed by atoms with Gasteiger partial charge < -0.3 is 4.57 Å². The average molecular weight is 193 g/mol. The Morgan fingerprint density at radius 2 is 2.23 bits per heavy atom. The number of hydrogen-bond donors (Lipinski definition) is 0. The van der Waals surface area contributed by atoms with Crippen molar-refractivity contribution in [1.82, 2.24) is 9.55 Å². The van der Waals surface area contributed by atoms with Gasteiger partial charge in [-0.25, -0.2) is 0 Å². The van der Waals surface area contributed by atoms with Crippen molar-refractivity contribution in [2.24, 2.45) is 7.05 Å². The van der Waals surface area contributed by atoms with E-state index in [9.17, 15) is 0 Å². The van der Waals surface area contributed by atoms with Gasteiger partial charge in [-0.3, -0.25) is 4.98 Å². The monoisotopic (exact) mass is 192 g/mol. The van der Waals surface area contributed by atoms with E-state index in [1.54, 1.807) is 6.20 Å². The molecule has 2 rings (SSSR count). The highest BCUT2D eigenvalue weighted by Gasteiger charge is 2.01. The lowest BCUT2D eigenvalue weighted by Gasteiger charge is -1.93. The van der Waals surface area contributed by atoms with Gasteiger partial charge in [-0.2, -0.15) is 0 Å². The molecule has 0 aliphatic heterocycles. The highest BCUT2D eigenvalue weighted by Crippen LogP contribution is 2.22. The van der Waals surface area contributed by atoms with Crippen LogP contribution in [0.1, 0.15) is 0 Å². The number of aryl methyl sites for hydroxylation is 1. The molecular formula is C10H9ClN2. The number of aromatic nitrogens is 2. The van der Waals surface area contributed by atoms with Crippen molar-refractivity contribution in [3.05, 3.63) is 41.9 Å². The number of nitrogens with zero attached hydrogens (tertiary/aromatic N) is 2. The minimum absolute atomic E-state index is 0.735. The van der Waals surface area contributed by atoms with Crippen LogP contribution in [0.2, 0.25) is 5.15 Å². The summed E-state index contributed by atoms with van der Waals surface area (Å²) in [4.78, 5) is 4.05. The maximum atomic E-state index is 5.92. The quantitative estimate of drug-likeness (QED) is 0.680. The van der Waals surface area contributed by atoms with Gasteiger partial charge >= 0.3 is 0 Å². The van der Waals surface area contributed by atoms with E-state index in [2.05, 4.69) is 4.98 Å². The maximum absolute atomic E-state index is 5.92. The third-order valence-corrected chi connectivity index (χ3v) is 2.31. The Bertz CT molecular complexity index is 387. The normalized spacial score (nSPS) is 10.3. The van der Waals surface area contributed by atoms with E-state index in [0.717, 1.165) is 16.3 Å². The van der Waals surface area contributed by atoms with Gasteiger partial charge in [-0.05, 0) is 12.1 Å². The van der Waals surface area contributed by atoms with Crippen molar-refractivity contribution < 1.29 is 0 Å². The Balaban J connectivity index is 2.48. The lowest BCUT2D eigenvalue weighted by molar-refractivity contribution is 0.929. The van der Waals surface area contributed by atoms with Crippen LogP contribution in [0, 0.1) is 0 Å². The number of pyridine rings is 1. The molecule has 2 aromatic rings. The van der Waals surface area contributed by atoms with Crippen LogP contribution >= 0.6 is 11.6 Å². The van der Waals surface area contributed by atoms with Gasteiger partial charge in [-0.15, -0.1) is 0 Å². The fourth-order valence-corrected chi connectivity index (χ4v) is 1.40. The van der Waals surface area contributed by atoms with Gasteiger partial charge in [0.2, 0.25) is 0 Å². The second kappa shape index (κ2) is 3.23. The van der Waals surface area contributed by atoms with Crippen LogP contribution in [0.15, 0.2) is 36.8 Å². The highest BCUT2D eigenvalue weighted by atomic mass is 35.5. The molecule has 0 saturated heterocycles. The topological polar surface area (TPSA) is 17.8 Å². The molecule has 0 atom stereocenters. The summed E-state index contributed by atoms with van der Waals surface area (Å²) >= 11 is 5.92. The van der Waals surface area contributed by atoms with Crippen molar-refractivity contribution in [3.63, 3.8) is 0 Å². The zero-order valence-electron chi connectivity index (χ0n) is 7.24. The Kier molecular flexibility index (Phi) is 2.07.